The number of aliphatic hydroxyl groups excluding tert-OH is 1. The summed E-state index contributed by atoms with van der Waals surface area (Å²) in [6, 6.07) is 0. The number of piperidine rings is 1. The molecule has 0 amide bonds. The number of nitrogens with two attached hydrogens (primary N) is 1. The largest absolute Gasteiger partial charge is 0.490 e. The van der Waals surface area contributed by atoms with Gasteiger partial charge < -0.3 is 20.2 Å². The van der Waals surface area contributed by atoms with E-state index >= 15 is 0 Å². The Kier molecular flexibility index (Phi) is 4.16. The number of hydrogen-bond donors (Lipinski definition) is 3. The zero-order valence-electron chi connectivity index (χ0n) is 10.5. The van der Waals surface area contributed by atoms with Crippen LogP contribution in [0.2, 0.25) is 0 Å². The second-order valence-corrected chi connectivity index (χ2v) is 4.36. The number of nitrogens with one attached hydrogen (secondary N) is 1. The summed E-state index contributed by atoms with van der Waals surface area (Å²) in [5.41, 5.74) is 2.50. The molecule has 2 rings (SSSR count). The molecule has 0 radical (unpaired) electrons. The molecule has 100 valence electrons. The summed E-state index contributed by atoms with van der Waals surface area (Å²) in [7, 11) is 1.57. The maximum Gasteiger partial charge on any atom is 0.205 e. The molecule has 1 unspecified atom stereocenters. The molecule has 0 saturated carbocycles. The third-order valence-corrected chi connectivity index (χ3v) is 3.20. The van der Waals surface area contributed by atoms with Crippen LogP contribution in [0.3, 0.4) is 0 Å². The summed E-state index contributed by atoms with van der Waals surface area (Å²) in [5.74, 6) is 7.41. The zero-order chi connectivity index (χ0) is 13.0. The molecule has 0 aliphatic carbocycles. The minimum atomic E-state index is 0.200. The van der Waals surface area contributed by atoms with Crippen LogP contribution in [0.1, 0.15) is 12.8 Å². The summed E-state index contributed by atoms with van der Waals surface area (Å²) < 4.78 is 5.32. The molecule has 4 N–H and O–H groups in total. The van der Waals surface area contributed by atoms with Crippen LogP contribution >= 0.6 is 0 Å². The lowest BCUT2D eigenvalue weighted by atomic mass is 9.99. The van der Waals surface area contributed by atoms with Gasteiger partial charge >= 0.3 is 0 Å². The fourth-order valence-corrected chi connectivity index (χ4v) is 2.29. The van der Waals surface area contributed by atoms with Crippen molar-refractivity contribution in [2.24, 2.45) is 11.8 Å². The molecule has 1 fully saturated rings. The maximum atomic E-state index is 9.26. The maximum absolute atomic E-state index is 9.26. The Morgan fingerprint density at radius 1 is 1.61 bits per heavy atom. The van der Waals surface area contributed by atoms with Crippen molar-refractivity contribution >= 4 is 11.6 Å². The number of aliphatic hydroxyl groups is 1. The van der Waals surface area contributed by atoms with Gasteiger partial charge in [-0.05, 0) is 18.8 Å². The average molecular weight is 253 g/mol. The number of nitrogens with zero attached hydrogens (tertiary/aromatic N) is 3. The van der Waals surface area contributed by atoms with Crippen molar-refractivity contribution in [2.75, 3.05) is 37.1 Å². The molecular weight excluding hydrogens is 234 g/mol. The van der Waals surface area contributed by atoms with E-state index in [1.54, 1.807) is 7.11 Å². The van der Waals surface area contributed by atoms with Gasteiger partial charge in [0.2, 0.25) is 5.75 Å². The Labute approximate surface area is 106 Å². The Morgan fingerprint density at radius 3 is 3.11 bits per heavy atom. The van der Waals surface area contributed by atoms with E-state index in [1.807, 2.05) is 0 Å². The normalized spacial score (nSPS) is 19.7. The molecule has 1 saturated heterocycles. The highest BCUT2D eigenvalue weighted by atomic mass is 16.5. The molecule has 2 heterocycles. The number of ether oxygens (including phenoxy) is 1. The number of hydrazine groups is 1. The first-order valence-corrected chi connectivity index (χ1v) is 6.01. The van der Waals surface area contributed by atoms with Crippen LogP contribution in [0.25, 0.3) is 0 Å². The molecule has 18 heavy (non-hydrogen) atoms. The standard InChI is InChI=1S/C11H19N5O2/c1-18-9-10(15-12)13-7-14-11(9)16-4-2-3-8(5-16)6-17/h7-8,17H,2-6,12H2,1H3,(H,13,14,15). The number of aromatic nitrogens is 2. The highest BCUT2D eigenvalue weighted by Crippen LogP contribution is 2.33. The number of nitrogen functional groups attached to an aromatic ring is 1. The summed E-state index contributed by atoms with van der Waals surface area (Å²) in [6.07, 6.45) is 3.53. The van der Waals surface area contributed by atoms with Crippen LogP contribution in [0.5, 0.6) is 5.75 Å². The van der Waals surface area contributed by atoms with Crippen LogP contribution in [-0.4, -0.2) is 41.9 Å². The lowest BCUT2D eigenvalue weighted by molar-refractivity contribution is 0.208. The lowest BCUT2D eigenvalue weighted by Crippen LogP contribution is -2.37. The van der Waals surface area contributed by atoms with Gasteiger partial charge in [0.05, 0.1) is 7.11 Å². The van der Waals surface area contributed by atoms with E-state index in [4.69, 9.17) is 10.6 Å². The fraction of sp³-hybridized carbons (Fsp3) is 0.636. The van der Waals surface area contributed by atoms with Gasteiger partial charge in [-0.1, -0.05) is 0 Å². The van der Waals surface area contributed by atoms with Crippen LogP contribution in [0, 0.1) is 5.92 Å². The first-order valence-electron chi connectivity index (χ1n) is 6.01. The fourth-order valence-electron chi connectivity index (χ4n) is 2.29. The Bertz CT molecular complexity index is 401. The van der Waals surface area contributed by atoms with Crippen molar-refractivity contribution in [3.05, 3.63) is 6.33 Å². The molecular formula is C11H19N5O2. The van der Waals surface area contributed by atoms with Crippen LogP contribution in [0.15, 0.2) is 6.33 Å². The van der Waals surface area contributed by atoms with Gasteiger partial charge in [0.25, 0.3) is 0 Å². The van der Waals surface area contributed by atoms with Crippen LogP contribution in [0.4, 0.5) is 11.6 Å². The van der Waals surface area contributed by atoms with Crippen molar-refractivity contribution in [2.45, 2.75) is 12.8 Å². The monoisotopic (exact) mass is 253 g/mol. The Balaban J connectivity index is 2.26. The van der Waals surface area contributed by atoms with Gasteiger partial charge in [0.1, 0.15) is 6.33 Å². The summed E-state index contributed by atoms with van der Waals surface area (Å²) in [5, 5.41) is 9.26. The van der Waals surface area contributed by atoms with Gasteiger partial charge in [-0.15, -0.1) is 0 Å². The first kappa shape index (κ1) is 12.8. The molecule has 0 aromatic carbocycles. The van der Waals surface area contributed by atoms with E-state index in [-0.39, 0.29) is 12.5 Å². The summed E-state index contributed by atoms with van der Waals surface area (Å²) in [6.45, 7) is 1.87. The van der Waals surface area contributed by atoms with Crippen molar-refractivity contribution in [3.8, 4) is 5.75 Å². The third-order valence-electron chi connectivity index (χ3n) is 3.20. The molecule has 0 spiro atoms. The second-order valence-electron chi connectivity index (χ2n) is 4.36. The predicted molar refractivity (Wildman–Crippen MR) is 68.4 cm³/mol. The topological polar surface area (TPSA) is 96.5 Å². The van der Waals surface area contributed by atoms with E-state index in [0.29, 0.717) is 11.6 Å². The van der Waals surface area contributed by atoms with E-state index in [9.17, 15) is 5.11 Å². The van der Waals surface area contributed by atoms with Crippen molar-refractivity contribution in [1.82, 2.24) is 9.97 Å². The second kappa shape index (κ2) is 5.83. The van der Waals surface area contributed by atoms with Crippen LogP contribution in [-0.2, 0) is 0 Å². The van der Waals surface area contributed by atoms with Crippen molar-refractivity contribution in [3.63, 3.8) is 0 Å². The number of rotatable bonds is 4. The van der Waals surface area contributed by atoms with Crippen molar-refractivity contribution < 1.29 is 9.84 Å². The molecule has 0 bridgehead atoms. The van der Waals surface area contributed by atoms with Crippen LogP contribution < -0.4 is 20.9 Å². The number of methoxy groups -OCH3 is 1. The molecule has 1 atom stereocenters. The van der Waals surface area contributed by atoms with E-state index < -0.39 is 0 Å². The van der Waals surface area contributed by atoms with Gasteiger partial charge in [0.15, 0.2) is 11.6 Å². The molecule has 7 heteroatoms. The summed E-state index contributed by atoms with van der Waals surface area (Å²) in [4.78, 5) is 10.4. The number of anilines is 2. The summed E-state index contributed by atoms with van der Waals surface area (Å²) >= 11 is 0. The highest BCUT2D eigenvalue weighted by Gasteiger charge is 2.24. The first-order chi connectivity index (χ1) is 8.80. The van der Waals surface area contributed by atoms with Gasteiger partial charge in [-0.2, -0.15) is 0 Å². The SMILES string of the molecule is COc1c(NN)ncnc1N1CCCC(CO)C1. The zero-order valence-corrected chi connectivity index (χ0v) is 10.5. The van der Waals surface area contributed by atoms with E-state index in [0.717, 1.165) is 31.7 Å². The predicted octanol–water partition coefficient (Wildman–Crippen LogP) is -0.0205. The Morgan fingerprint density at radius 2 is 2.44 bits per heavy atom. The lowest BCUT2D eigenvalue weighted by Gasteiger charge is -2.33. The quantitative estimate of drug-likeness (QED) is 0.512. The third kappa shape index (κ3) is 2.46. The Hall–Kier alpha value is -1.60. The van der Waals surface area contributed by atoms with Gasteiger partial charge in [-0.3, -0.25) is 0 Å². The van der Waals surface area contributed by atoms with E-state index in [2.05, 4.69) is 20.3 Å². The molecule has 7 nitrogen and oxygen atoms in total. The van der Waals surface area contributed by atoms with Crippen molar-refractivity contribution in [1.29, 1.82) is 0 Å². The smallest absolute Gasteiger partial charge is 0.205 e. The molecule has 1 aromatic heterocycles. The molecule has 1 aliphatic heterocycles. The van der Waals surface area contributed by atoms with E-state index in [1.165, 1.54) is 6.33 Å². The van der Waals surface area contributed by atoms with Gasteiger partial charge in [0, 0.05) is 19.7 Å². The average Bonchev–Trinajstić information content (AvgIpc) is 2.46. The molecule has 1 aliphatic rings. The minimum Gasteiger partial charge on any atom is -0.490 e. The molecule has 1 aromatic rings. The highest BCUT2D eigenvalue weighted by molar-refractivity contribution is 5.64. The minimum absolute atomic E-state index is 0.200. The number of hydrogen-bond acceptors (Lipinski definition) is 7. The van der Waals surface area contributed by atoms with Gasteiger partial charge in [-0.25, -0.2) is 15.8 Å².